The van der Waals surface area contributed by atoms with Crippen LogP contribution < -0.4 is 4.90 Å². The Hall–Kier alpha value is -2.91. The van der Waals surface area contributed by atoms with Gasteiger partial charge in [0.05, 0.1) is 16.8 Å². The van der Waals surface area contributed by atoms with E-state index in [-0.39, 0.29) is 36.1 Å². The highest BCUT2D eigenvalue weighted by atomic mass is 35.5. The Labute approximate surface area is 148 Å². The van der Waals surface area contributed by atoms with Gasteiger partial charge in [0, 0.05) is 18.1 Å². The molecule has 1 saturated heterocycles. The van der Waals surface area contributed by atoms with Gasteiger partial charge in [-0.1, -0.05) is 23.7 Å². The number of piperazine rings is 1. The van der Waals surface area contributed by atoms with Crippen LogP contribution in [0.15, 0.2) is 42.5 Å². The maximum atomic E-state index is 13.9. The lowest BCUT2D eigenvalue weighted by atomic mass is 10.1. The summed E-state index contributed by atoms with van der Waals surface area (Å²) in [6, 6.07) is 12.6. The quantitative estimate of drug-likeness (QED) is 0.830. The van der Waals surface area contributed by atoms with Gasteiger partial charge in [-0.3, -0.25) is 9.59 Å². The van der Waals surface area contributed by atoms with Crippen LogP contribution in [0.1, 0.15) is 15.9 Å². The predicted molar refractivity (Wildman–Crippen MR) is 90.8 cm³/mol. The molecule has 2 aromatic carbocycles. The largest absolute Gasteiger partial charge is 0.327 e. The second-order valence-electron chi connectivity index (χ2n) is 5.53. The molecule has 0 radical (unpaired) electrons. The highest BCUT2D eigenvalue weighted by Crippen LogP contribution is 2.23. The molecule has 2 amide bonds. The molecule has 0 aliphatic carbocycles. The molecule has 0 N–H and O–H groups in total. The monoisotopic (exact) mass is 357 g/mol. The molecule has 0 unspecified atom stereocenters. The number of hydrogen-bond acceptors (Lipinski definition) is 3. The molecule has 7 heteroatoms. The van der Waals surface area contributed by atoms with E-state index in [4.69, 9.17) is 11.6 Å². The molecule has 25 heavy (non-hydrogen) atoms. The molecule has 0 aromatic heterocycles. The molecule has 1 aliphatic heterocycles. The number of para-hydroxylation sites is 1. The lowest BCUT2D eigenvalue weighted by Crippen LogP contribution is -2.52. The van der Waals surface area contributed by atoms with Crippen molar-refractivity contribution in [3.63, 3.8) is 0 Å². The maximum absolute atomic E-state index is 13.9. The Morgan fingerprint density at radius 1 is 1.20 bits per heavy atom. The van der Waals surface area contributed by atoms with Crippen molar-refractivity contribution in [3.05, 3.63) is 64.4 Å². The number of nitriles is 1. The van der Waals surface area contributed by atoms with Crippen molar-refractivity contribution >= 4 is 29.1 Å². The smallest absolute Gasteiger partial charge is 0.257 e. The minimum atomic E-state index is -0.720. The minimum absolute atomic E-state index is 0.122. The van der Waals surface area contributed by atoms with Crippen molar-refractivity contribution in [2.45, 2.75) is 0 Å². The van der Waals surface area contributed by atoms with Crippen LogP contribution in [0.2, 0.25) is 5.02 Å². The number of hydrogen-bond donors (Lipinski definition) is 0. The van der Waals surface area contributed by atoms with Crippen molar-refractivity contribution in [1.82, 2.24) is 4.90 Å². The van der Waals surface area contributed by atoms with E-state index in [1.54, 1.807) is 24.3 Å². The SMILES string of the molecule is N#Cc1ccccc1N1CCN(C(=O)c2ccc(Cl)cc2F)CC1=O. The number of rotatable bonds is 2. The van der Waals surface area contributed by atoms with Gasteiger partial charge < -0.3 is 9.80 Å². The van der Waals surface area contributed by atoms with Crippen LogP contribution in [0.5, 0.6) is 0 Å². The van der Waals surface area contributed by atoms with Crippen LogP contribution in [-0.4, -0.2) is 36.3 Å². The first-order chi connectivity index (χ1) is 12.0. The van der Waals surface area contributed by atoms with Gasteiger partial charge in [0.25, 0.3) is 5.91 Å². The van der Waals surface area contributed by atoms with E-state index in [0.29, 0.717) is 11.3 Å². The second-order valence-corrected chi connectivity index (χ2v) is 5.96. The third-order valence-electron chi connectivity index (χ3n) is 3.98. The summed E-state index contributed by atoms with van der Waals surface area (Å²) in [5.41, 5.74) is 0.780. The van der Waals surface area contributed by atoms with E-state index >= 15 is 0 Å². The predicted octanol–water partition coefficient (Wildman–Crippen LogP) is 2.84. The molecule has 2 aromatic rings. The normalized spacial score (nSPS) is 14.4. The number of carbonyl (C=O) groups is 2. The number of anilines is 1. The molecule has 1 fully saturated rings. The molecule has 126 valence electrons. The molecular formula is C18H13ClFN3O2. The van der Waals surface area contributed by atoms with Crippen molar-refractivity contribution in [2.24, 2.45) is 0 Å². The Morgan fingerprint density at radius 2 is 1.96 bits per heavy atom. The fourth-order valence-electron chi connectivity index (χ4n) is 2.74. The average molecular weight is 358 g/mol. The molecular weight excluding hydrogens is 345 g/mol. The van der Waals surface area contributed by atoms with Crippen LogP contribution in [0.25, 0.3) is 0 Å². The molecule has 0 saturated carbocycles. The Morgan fingerprint density at radius 3 is 2.64 bits per heavy atom. The molecule has 1 aliphatic rings. The number of amides is 2. The van der Waals surface area contributed by atoms with Crippen LogP contribution in [0.4, 0.5) is 10.1 Å². The standard InChI is InChI=1S/C18H13ClFN3O2/c19-13-5-6-14(15(20)9-13)18(25)22-7-8-23(17(24)11-22)16-4-2-1-3-12(16)10-21/h1-6,9H,7-8,11H2. The van der Waals surface area contributed by atoms with Gasteiger partial charge in [-0.2, -0.15) is 5.26 Å². The topological polar surface area (TPSA) is 64.4 Å². The number of carbonyl (C=O) groups excluding carboxylic acids is 2. The zero-order chi connectivity index (χ0) is 18.0. The van der Waals surface area contributed by atoms with E-state index in [0.717, 1.165) is 6.07 Å². The van der Waals surface area contributed by atoms with Gasteiger partial charge >= 0.3 is 0 Å². The Kier molecular flexibility index (Phi) is 4.68. The first-order valence-electron chi connectivity index (χ1n) is 7.55. The van der Waals surface area contributed by atoms with E-state index < -0.39 is 11.7 Å². The lowest BCUT2D eigenvalue weighted by molar-refractivity contribution is -0.120. The molecule has 3 rings (SSSR count). The summed E-state index contributed by atoms with van der Waals surface area (Å²) in [6.45, 7) is 0.297. The van der Waals surface area contributed by atoms with E-state index in [1.165, 1.54) is 21.9 Å². The summed E-state index contributed by atoms with van der Waals surface area (Å²) in [5, 5.41) is 9.37. The minimum Gasteiger partial charge on any atom is -0.327 e. The van der Waals surface area contributed by atoms with Crippen molar-refractivity contribution in [3.8, 4) is 6.07 Å². The van der Waals surface area contributed by atoms with Crippen LogP contribution in [-0.2, 0) is 4.79 Å². The number of benzene rings is 2. The van der Waals surface area contributed by atoms with Crippen LogP contribution in [0, 0.1) is 17.1 Å². The zero-order valence-corrected chi connectivity index (χ0v) is 13.8. The van der Waals surface area contributed by atoms with Gasteiger partial charge in [-0.25, -0.2) is 4.39 Å². The molecule has 0 atom stereocenters. The van der Waals surface area contributed by atoms with Gasteiger partial charge in [0.1, 0.15) is 18.4 Å². The Bertz CT molecular complexity index is 894. The van der Waals surface area contributed by atoms with Gasteiger partial charge in [-0.05, 0) is 30.3 Å². The number of halogens is 2. The first-order valence-corrected chi connectivity index (χ1v) is 7.93. The summed E-state index contributed by atoms with van der Waals surface area (Å²) in [7, 11) is 0. The van der Waals surface area contributed by atoms with E-state index in [1.807, 2.05) is 6.07 Å². The highest BCUT2D eigenvalue weighted by molar-refractivity contribution is 6.30. The zero-order valence-electron chi connectivity index (χ0n) is 13.1. The van der Waals surface area contributed by atoms with Crippen LogP contribution in [0.3, 0.4) is 0 Å². The van der Waals surface area contributed by atoms with Gasteiger partial charge in [-0.15, -0.1) is 0 Å². The third-order valence-corrected chi connectivity index (χ3v) is 4.22. The van der Waals surface area contributed by atoms with Crippen molar-refractivity contribution in [1.29, 1.82) is 5.26 Å². The average Bonchev–Trinajstić information content (AvgIpc) is 2.61. The summed E-state index contributed by atoms with van der Waals surface area (Å²) in [5.74, 6) is -1.60. The third kappa shape index (κ3) is 3.32. The summed E-state index contributed by atoms with van der Waals surface area (Å²) < 4.78 is 13.9. The molecule has 1 heterocycles. The van der Waals surface area contributed by atoms with E-state index in [9.17, 15) is 19.2 Å². The van der Waals surface area contributed by atoms with Crippen LogP contribution >= 0.6 is 11.6 Å². The fourth-order valence-corrected chi connectivity index (χ4v) is 2.90. The summed E-state index contributed by atoms with van der Waals surface area (Å²) in [6.07, 6.45) is 0. The summed E-state index contributed by atoms with van der Waals surface area (Å²) >= 11 is 5.69. The first kappa shape index (κ1) is 16.9. The fraction of sp³-hybridized carbons (Fsp3) is 0.167. The lowest BCUT2D eigenvalue weighted by Gasteiger charge is -2.34. The van der Waals surface area contributed by atoms with Crippen molar-refractivity contribution < 1.29 is 14.0 Å². The Balaban J connectivity index is 1.79. The summed E-state index contributed by atoms with van der Waals surface area (Å²) in [4.78, 5) is 27.7. The second kappa shape index (κ2) is 6.91. The van der Waals surface area contributed by atoms with Gasteiger partial charge in [0.2, 0.25) is 5.91 Å². The molecule has 0 spiro atoms. The maximum Gasteiger partial charge on any atom is 0.257 e. The number of nitrogens with zero attached hydrogens (tertiary/aromatic N) is 3. The molecule has 5 nitrogen and oxygen atoms in total. The molecule has 0 bridgehead atoms. The van der Waals surface area contributed by atoms with E-state index in [2.05, 4.69) is 0 Å². The highest BCUT2D eigenvalue weighted by Gasteiger charge is 2.30. The van der Waals surface area contributed by atoms with Crippen molar-refractivity contribution in [2.75, 3.05) is 24.5 Å². The van der Waals surface area contributed by atoms with Gasteiger partial charge in [0.15, 0.2) is 0 Å².